The summed E-state index contributed by atoms with van der Waals surface area (Å²) in [6.45, 7) is 1.31. The molecule has 1 aromatic rings. The SMILES string of the molecule is OC(CNC1CC=CC1)COCc1ccccc1Cl. The zero-order valence-corrected chi connectivity index (χ0v) is 11.6. The Kier molecular flexibility index (Phi) is 5.86. The maximum Gasteiger partial charge on any atom is 0.0897 e. The van der Waals surface area contributed by atoms with Gasteiger partial charge in [-0.05, 0) is 24.5 Å². The Morgan fingerprint density at radius 2 is 2.05 bits per heavy atom. The van der Waals surface area contributed by atoms with Gasteiger partial charge in [0.05, 0.1) is 19.3 Å². The minimum Gasteiger partial charge on any atom is -0.389 e. The highest BCUT2D eigenvalue weighted by molar-refractivity contribution is 6.31. The monoisotopic (exact) mass is 281 g/mol. The molecule has 0 radical (unpaired) electrons. The molecule has 1 aromatic carbocycles. The van der Waals surface area contributed by atoms with Crippen LogP contribution in [0.2, 0.25) is 5.02 Å². The van der Waals surface area contributed by atoms with E-state index in [1.54, 1.807) is 0 Å². The van der Waals surface area contributed by atoms with Gasteiger partial charge in [0.15, 0.2) is 0 Å². The van der Waals surface area contributed by atoms with Crippen molar-refractivity contribution in [2.24, 2.45) is 0 Å². The van der Waals surface area contributed by atoms with Gasteiger partial charge >= 0.3 is 0 Å². The van der Waals surface area contributed by atoms with Crippen LogP contribution >= 0.6 is 11.6 Å². The van der Waals surface area contributed by atoms with Gasteiger partial charge in [0.2, 0.25) is 0 Å². The minimum atomic E-state index is -0.483. The zero-order valence-electron chi connectivity index (χ0n) is 10.9. The number of hydrogen-bond donors (Lipinski definition) is 2. The largest absolute Gasteiger partial charge is 0.389 e. The predicted molar refractivity (Wildman–Crippen MR) is 77.3 cm³/mol. The van der Waals surface area contributed by atoms with Crippen LogP contribution in [0.4, 0.5) is 0 Å². The van der Waals surface area contributed by atoms with Crippen LogP contribution < -0.4 is 5.32 Å². The first kappa shape index (κ1) is 14.5. The summed E-state index contributed by atoms with van der Waals surface area (Å²) in [5.74, 6) is 0. The Bertz CT molecular complexity index is 414. The highest BCUT2D eigenvalue weighted by atomic mass is 35.5. The maximum absolute atomic E-state index is 9.82. The van der Waals surface area contributed by atoms with Gasteiger partial charge in [-0.25, -0.2) is 0 Å². The van der Waals surface area contributed by atoms with Crippen LogP contribution in [0.25, 0.3) is 0 Å². The quantitative estimate of drug-likeness (QED) is 0.755. The number of ether oxygens (including phenoxy) is 1. The zero-order chi connectivity index (χ0) is 13.5. The molecule has 0 heterocycles. The van der Waals surface area contributed by atoms with Crippen molar-refractivity contribution < 1.29 is 9.84 Å². The number of rotatable bonds is 7. The van der Waals surface area contributed by atoms with Crippen LogP contribution in [0.3, 0.4) is 0 Å². The molecule has 2 rings (SSSR count). The predicted octanol–water partition coefficient (Wildman–Crippen LogP) is 2.53. The molecule has 0 saturated carbocycles. The fourth-order valence-corrected chi connectivity index (χ4v) is 2.26. The molecule has 1 aliphatic carbocycles. The van der Waals surface area contributed by atoms with Gasteiger partial charge in [-0.2, -0.15) is 0 Å². The fraction of sp³-hybridized carbons (Fsp3) is 0.467. The van der Waals surface area contributed by atoms with Crippen molar-refractivity contribution in [1.29, 1.82) is 0 Å². The maximum atomic E-state index is 9.82. The third-order valence-electron chi connectivity index (χ3n) is 3.18. The highest BCUT2D eigenvalue weighted by Crippen LogP contribution is 2.15. The lowest BCUT2D eigenvalue weighted by Gasteiger charge is -2.16. The number of benzene rings is 1. The van der Waals surface area contributed by atoms with Gasteiger partial charge in [-0.3, -0.25) is 0 Å². The Labute approximate surface area is 119 Å². The van der Waals surface area contributed by atoms with E-state index in [1.165, 1.54) is 0 Å². The van der Waals surface area contributed by atoms with E-state index in [2.05, 4.69) is 17.5 Å². The first-order valence-corrected chi connectivity index (χ1v) is 7.01. The van der Waals surface area contributed by atoms with Gasteiger partial charge in [-0.1, -0.05) is 42.0 Å². The first-order chi connectivity index (χ1) is 9.25. The first-order valence-electron chi connectivity index (χ1n) is 6.63. The van der Waals surface area contributed by atoms with E-state index < -0.39 is 6.10 Å². The highest BCUT2D eigenvalue weighted by Gasteiger charge is 2.12. The van der Waals surface area contributed by atoms with E-state index in [9.17, 15) is 5.11 Å². The second-order valence-electron chi connectivity index (χ2n) is 4.81. The molecule has 3 nitrogen and oxygen atoms in total. The summed E-state index contributed by atoms with van der Waals surface area (Å²) in [7, 11) is 0. The molecular formula is C15H20ClNO2. The molecule has 104 valence electrons. The Balaban J connectivity index is 1.61. The van der Waals surface area contributed by atoms with Gasteiger partial charge in [0.25, 0.3) is 0 Å². The molecule has 0 fully saturated rings. The van der Waals surface area contributed by atoms with Crippen molar-refractivity contribution in [3.8, 4) is 0 Å². The van der Waals surface area contributed by atoms with Crippen molar-refractivity contribution >= 4 is 11.6 Å². The summed E-state index contributed by atoms with van der Waals surface area (Å²) in [6.07, 6.45) is 5.94. The van der Waals surface area contributed by atoms with Crippen molar-refractivity contribution in [3.63, 3.8) is 0 Å². The third kappa shape index (κ3) is 4.96. The number of aliphatic hydroxyl groups excluding tert-OH is 1. The number of hydrogen-bond acceptors (Lipinski definition) is 3. The molecule has 4 heteroatoms. The summed E-state index contributed by atoms with van der Waals surface area (Å²) >= 11 is 6.03. The second kappa shape index (κ2) is 7.65. The Hall–Kier alpha value is -0.870. The average molecular weight is 282 g/mol. The lowest BCUT2D eigenvalue weighted by Crippen LogP contribution is -2.36. The Morgan fingerprint density at radius 3 is 2.79 bits per heavy atom. The van der Waals surface area contributed by atoms with Crippen LogP contribution in [0.5, 0.6) is 0 Å². The fourth-order valence-electron chi connectivity index (χ4n) is 2.07. The van der Waals surface area contributed by atoms with Crippen molar-refractivity contribution in [1.82, 2.24) is 5.32 Å². The van der Waals surface area contributed by atoms with Crippen LogP contribution in [0, 0.1) is 0 Å². The number of halogens is 1. The number of aliphatic hydroxyl groups is 1. The molecule has 19 heavy (non-hydrogen) atoms. The minimum absolute atomic E-state index is 0.318. The van der Waals surface area contributed by atoms with E-state index in [0.717, 1.165) is 18.4 Å². The molecule has 0 spiro atoms. The van der Waals surface area contributed by atoms with Crippen molar-refractivity contribution in [2.75, 3.05) is 13.2 Å². The van der Waals surface area contributed by atoms with Crippen LogP contribution in [-0.4, -0.2) is 30.4 Å². The van der Waals surface area contributed by atoms with E-state index in [0.29, 0.717) is 30.8 Å². The third-order valence-corrected chi connectivity index (χ3v) is 3.54. The molecule has 0 aromatic heterocycles. The van der Waals surface area contributed by atoms with Crippen LogP contribution in [0.1, 0.15) is 18.4 Å². The number of nitrogens with one attached hydrogen (secondary N) is 1. The van der Waals surface area contributed by atoms with Gasteiger partial charge in [-0.15, -0.1) is 0 Å². The standard InChI is InChI=1S/C15H20ClNO2/c16-15-8-4-1-5-12(15)10-19-11-14(18)9-17-13-6-2-3-7-13/h1-5,8,13-14,17-18H,6-7,9-11H2. The molecule has 0 aliphatic heterocycles. The smallest absolute Gasteiger partial charge is 0.0897 e. The molecular weight excluding hydrogens is 262 g/mol. The van der Waals surface area contributed by atoms with Gasteiger partial charge < -0.3 is 15.2 Å². The molecule has 0 bridgehead atoms. The lowest BCUT2D eigenvalue weighted by molar-refractivity contribution is 0.0278. The molecule has 0 saturated heterocycles. The molecule has 0 amide bonds. The van der Waals surface area contributed by atoms with Crippen LogP contribution in [-0.2, 0) is 11.3 Å². The topological polar surface area (TPSA) is 41.5 Å². The van der Waals surface area contributed by atoms with E-state index >= 15 is 0 Å². The van der Waals surface area contributed by atoms with Crippen molar-refractivity contribution in [3.05, 3.63) is 47.0 Å². The van der Waals surface area contributed by atoms with E-state index in [4.69, 9.17) is 16.3 Å². The molecule has 1 atom stereocenters. The van der Waals surface area contributed by atoms with Crippen LogP contribution in [0.15, 0.2) is 36.4 Å². The Morgan fingerprint density at radius 1 is 1.32 bits per heavy atom. The normalized spacial score (nSPS) is 16.9. The summed E-state index contributed by atoms with van der Waals surface area (Å²) in [5, 5.41) is 13.8. The summed E-state index contributed by atoms with van der Waals surface area (Å²) < 4.78 is 5.49. The summed E-state index contributed by atoms with van der Waals surface area (Å²) in [4.78, 5) is 0. The van der Waals surface area contributed by atoms with Gasteiger partial charge in [0.1, 0.15) is 0 Å². The van der Waals surface area contributed by atoms with E-state index in [-0.39, 0.29) is 0 Å². The van der Waals surface area contributed by atoms with Gasteiger partial charge in [0, 0.05) is 17.6 Å². The van der Waals surface area contributed by atoms with E-state index in [1.807, 2.05) is 24.3 Å². The summed E-state index contributed by atoms with van der Waals surface area (Å²) in [6, 6.07) is 8.05. The summed E-state index contributed by atoms with van der Waals surface area (Å²) in [5.41, 5.74) is 0.948. The molecule has 1 unspecified atom stereocenters. The average Bonchev–Trinajstić information content (AvgIpc) is 2.92. The second-order valence-corrected chi connectivity index (χ2v) is 5.22. The van der Waals surface area contributed by atoms with Crippen molar-refractivity contribution in [2.45, 2.75) is 31.6 Å². The molecule has 2 N–H and O–H groups in total. The lowest BCUT2D eigenvalue weighted by atomic mass is 10.2. The molecule has 1 aliphatic rings.